The molecule has 0 radical (unpaired) electrons. The molecule has 2 aromatic rings. The predicted molar refractivity (Wildman–Crippen MR) is 78.9 cm³/mol. The second-order valence-electron chi connectivity index (χ2n) is 4.44. The number of hydrogen-bond acceptors (Lipinski definition) is 2. The normalized spacial score (nSPS) is 10.3. The van der Waals surface area contributed by atoms with Gasteiger partial charge in [-0.15, -0.1) is 0 Å². The average Bonchev–Trinajstić information content (AvgIpc) is 2.38. The Balaban J connectivity index is 2.12. The summed E-state index contributed by atoms with van der Waals surface area (Å²) in [5.74, 6) is -0.00962. The Hall–Kier alpha value is -1.68. The highest BCUT2D eigenvalue weighted by atomic mass is 79.9. The second-order valence-corrected chi connectivity index (χ2v) is 5.36. The lowest BCUT2D eigenvalue weighted by Gasteiger charge is -2.17. The van der Waals surface area contributed by atoms with Crippen LogP contribution in [0.15, 0.2) is 46.9 Å². The number of halogens is 1. The van der Waals surface area contributed by atoms with Gasteiger partial charge in [-0.1, -0.05) is 28.1 Å². The Morgan fingerprint density at radius 3 is 2.68 bits per heavy atom. The molecule has 0 saturated carbocycles. The Morgan fingerprint density at radius 1 is 1.26 bits per heavy atom. The summed E-state index contributed by atoms with van der Waals surface area (Å²) in [5, 5.41) is 0. The van der Waals surface area contributed by atoms with Gasteiger partial charge in [-0.2, -0.15) is 0 Å². The molecule has 0 N–H and O–H groups in total. The van der Waals surface area contributed by atoms with Crippen molar-refractivity contribution in [1.82, 2.24) is 9.88 Å². The number of amides is 1. The quantitative estimate of drug-likeness (QED) is 0.868. The number of rotatable bonds is 3. The summed E-state index contributed by atoms with van der Waals surface area (Å²) in [6, 6.07) is 13.2. The molecule has 0 atom stereocenters. The maximum absolute atomic E-state index is 12.3. The first-order valence-electron chi connectivity index (χ1n) is 6.00. The lowest BCUT2D eigenvalue weighted by molar-refractivity contribution is 0.0783. The van der Waals surface area contributed by atoms with Crippen molar-refractivity contribution < 1.29 is 4.79 Å². The summed E-state index contributed by atoms with van der Waals surface area (Å²) < 4.78 is 0.903. The molecule has 0 aliphatic carbocycles. The monoisotopic (exact) mass is 318 g/mol. The molecule has 0 aliphatic rings. The van der Waals surface area contributed by atoms with E-state index in [1.54, 1.807) is 11.9 Å². The molecule has 0 fully saturated rings. The van der Waals surface area contributed by atoms with E-state index in [-0.39, 0.29) is 5.91 Å². The Kier molecular flexibility index (Phi) is 4.32. The fourth-order valence-electron chi connectivity index (χ4n) is 1.84. The van der Waals surface area contributed by atoms with Gasteiger partial charge in [0.1, 0.15) is 0 Å². The summed E-state index contributed by atoms with van der Waals surface area (Å²) in [6.07, 6.45) is 0. The third kappa shape index (κ3) is 3.64. The van der Waals surface area contributed by atoms with E-state index in [0.717, 1.165) is 15.9 Å². The maximum Gasteiger partial charge on any atom is 0.253 e. The molecule has 2 rings (SSSR count). The van der Waals surface area contributed by atoms with Crippen LogP contribution >= 0.6 is 15.9 Å². The lowest BCUT2D eigenvalue weighted by Crippen LogP contribution is -2.26. The van der Waals surface area contributed by atoms with E-state index in [1.807, 2.05) is 49.4 Å². The van der Waals surface area contributed by atoms with E-state index in [1.165, 1.54) is 0 Å². The van der Waals surface area contributed by atoms with Gasteiger partial charge in [0.25, 0.3) is 5.91 Å². The van der Waals surface area contributed by atoms with Crippen LogP contribution in [0.1, 0.15) is 21.7 Å². The summed E-state index contributed by atoms with van der Waals surface area (Å²) in [7, 11) is 1.78. The van der Waals surface area contributed by atoms with Crippen LogP contribution in [0.25, 0.3) is 0 Å². The Labute approximate surface area is 121 Å². The molecule has 1 heterocycles. The SMILES string of the molecule is Cc1cccc(CN(C)C(=O)c2cccc(Br)c2)n1. The average molecular weight is 319 g/mol. The summed E-state index contributed by atoms with van der Waals surface area (Å²) in [5.41, 5.74) is 2.52. The Morgan fingerprint density at radius 2 is 2.00 bits per heavy atom. The highest BCUT2D eigenvalue weighted by Gasteiger charge is 2.12. The topological polar surface area (TPSA) is 33.2 Å². The van der Waals surface area contributed by atoms with Gasteiger partial charge < -0.3 is 4.90 Å². The van der Waals surface area contributed by atoms with Gasteiger partial charge in [-0.3, -0.25) is 9.78 Å². The number of benzene rings is 1. The zero-order valence-electron chi connectivity index (χ0n) is 10.9. The summed E-state index contributed by atoms with van der Waals surface area (Å²) >= 11 is 3.37. The minimum atomic E-state index is -0.00962. The van der Waals surface area contributed by atoms with E-state index < -0.39 is 0 Å². The fourth-order valence-corrected chi connectivity index (χ4v) is 2.24. The molecule has 98 valence electrons. The first-order valence-corrected chi connectivity index (χ1v) is 6.79. The zero-order chi connectivity index (χ0) is 13.8. The smallest absolute Gasteiger partial charge is 0.253 e. The van der Waals surface area contributed by atoms with E-state index in [9.17, 15) is 4.79 Å². The van der Waals surface area contributed by atoms with Crippen molar-refractivity contribution in [3.63, 3.8) is 0 Å². The third-order valence-corrected chi connectivity index (χ3v) is 3.26. The first-order chi connectivity index (χ1) is 9.06. The van der Waals surface area contributed by atoms with Crippen molar-refractivity contribution >= 4 is 21.8 Å². The standard InChI is InChI=1S/C15H15BrN2O/c1-11-5-3-8-14(17-11)10-18(2)15(19)12-6-4-7-13(16)9-12/h3-9H,10H2,1-2H3. The minimum Gasteiger partial charge on any atom is -0.336 e. The summed E-state index contributed by atoms with van der Waals surface area (Å²) in [6.45, 7) is 2.45. The van der Waals surface area contributed by atoms with Gasteiger partial charge in [0.05, 0.1) is 12.2 Å². The molecule has 19 heavy (non-hydrogen) atoms. The number of carbonyl (C=O) groups excluding carboxylic acids is 1. The van der Waals surface area contributed by atoms with Crippen LogP contribution in [0.4, 0.5) is 0 Å². The van der Waals surface area contributed by atoms with Crippen LogP contribution in [0.5, 0.6) is 0 Å². The molecule has 1 aromatic carbocycles. The molecule has 4 heteroatoms. The highest BCUT2D eigenvalue weighted by molar-refractivity contribution is 9.10. The number of aromatic nitrogens is 1. The number of carbonyl (C=O) groups is 1. The van der Waals surface area contributed by atoms with Gasteiger partial charge in [-0.05, 0) is 37.3 Å². The van der Waals surface area contributed by atoms with Crippen molar-refractivity contribution in [2.45, 2.75) is 13.5 Å². The van der Waals surface area contributed by atoms with Gasteiger partial charge in [0, 0.05) is 22.8 Å². The van der Waals surface area contributed by atoms with Crippen LogP contribution in [-0.4, -0.2) is 22.8 Å². The van der Waals surface area contributed by atoms with Crippen LogP contribution in [-0.2, 0) is 6.54 Å². The first kappa shape index (κ1) is 13.7. The van der Waals surface area contributed by atoms with Crippen LogP contribution in [0.3, 0.4) is 0 Å². The van der Waals surface area contributed by atoms with E-state index in [4.69, 9.17) is 0 Å². The number of hydrogen-bond donors (Lipinski definition) is 0. The fraction of sp³-hybridized carbons (Fsp3) is 0.200. The molecule has 0 bridgehead atoms. The zero-order valence-corrected chi connectivity index (χ0v) is 12.5. The number of nitrogens with zero attached hydrogens (tertiary/aromatic N) is 2. The molecule has 1 amide bonds. The Bertz CT molecular complexity index is 598. The van der Waals surface area contributed by atoms with Crippen molar-refractivity contribution in [2.75, 3.05) is 7.05 Å². The molecule has 1 aromatic heterocycles. The van der Waals surface area contributed by atoms with E-state index in [2.05, 4.69) is 20.9 Å². The molecule has 0 unspecified atom stereocenters. The van der Waals surface area contributed by atoms with Gasteiger partial charge >= 0.3 is 0 Å². The minimum absolute atomic E-state index is 0.00962. The van der Waals surface area contributed by atoms with Gasteiger partial charge in [0.2, 0.25) is 0 Å². The highest BCUT2D eigenvalue weighted by Crippen LogP contribution is 2.14. The number of pyridine rings is 1. The third-order valence-electron chi connectivity index (χ3n) is 2.76. The van der Waals surface area contributed by atoms with Crippen molar-refractivity contribution in [3.05, 3.63) is 63.9 Å². The van der Waals surface area contributed by atoms with Crippen LogP contribution in [0.2, 0.25) is 0 Å². The molecular formula is C15H15BrN2O. The predicted octanol–water partition coefficient (Wildman–Crippen LogP) is 3.42. The summed E-state index contributed by atoms with van der Waals surface area (Å²) in [4.78, 5) is 18.3. The molecule has 3 nitrogen and oxygen atoms in total. The van der Waals surface area contributed by atoms with Crippen molar-refractivity contribution in [2.24, 2.45) is 0 Å². The van der Waals surface area contributed by atoms with Gasteiger partial charge in [0.15, 0.2) is 0 Å². The van der Waals surface area contributed by atoms with Gasteiger partial charge in [-0.25, -0.2) is 0 Å². The molecule has 0 saturated heterocycles. The lowest BCUT2D eigenvalue weighted by atomic mass is 10.2. The number of aryl methyl sites for hydroxylation is 1. The van der Waals surface area contributed by atoms with Crippen molar-refractivity contribution in [1.29, 1.82) is 0 Å². The molecule has 0 spiro atoms. The van der Waals surface area contributed by atoms with Crippen molar-refractivity contribution in [3.8, 4) is 0 Å². The molecular weight excluding hydrogens is 304 g/mol. The maximum atomic E-state index is 12.3. The van der Waals surface area contributed by atoms with Crippen LogP contribution < -0.4 is 0 Å². The molecule has 0 aliphatic heterocycles. The van der Waals surface area contributed by atoms with E-state index >= 15 is 0 Å². The van der Waals surface area contributed by atoms with E-state index in [0.29, 0.717) is 12.1 Å². The second kappa shape index (κ2) is 5.97. The largest absolute Gasteiger partial charge is 0.336 e. The van der Waals surface area contributed by atoms with Crippen LogP contribution in [0, 0.1) is 6.92 Å².